The van der Waals surface area contributed by atoms with Crippen LogP contribution in [0, 0.1) is 5.92 Å². The smallest absolute Gasteiger partial charge is 0.261 e. The number of piperazine rings is 1. The Balaban J connectivity index is 1.31. The SMILES string of the molecule is COCC1C(=O)N(CC2CCC3(CC2)OCCO3)CCN1C(=O)COc1ccc(Cl)s1. The topological polar surface area (TPSA) is 77.5 Å². The molecule has 3 fully saturated rings. The van der Waals surface area contributed by atoms with E-state index in [2.05, 4.69) is 0 Å². The summed E-state index contributed by atoms with van der Waals surface area (Å²) in [6.45, 7) is 3.06. The number of ether oxygens (including phenoxy) is 4. The molecule has 31 heavy (non-hydrogen) atoms. The maximum absolute atomic E-state index is 13.2. The number of carbonyl (C=O) groups excluding carboxylic acids is 2. The minimum atomic E-state index is -0.627. The van der Waals surface area contributed by atoms with Crippen molar-refractivity contribution >= 4 is 34.8 Å². The van der Waals surface area contributed by atoms with E-state index >= 15 is 0 Å². The lowest BCUT2D eigenvalue weighted by atomic mass is 9.84. The Hall–Kier alpha value is -1.39. The molecular weight excluding hydrogens is 444 g/mol. The summed E-state index contributed by atoms with van der Waals surface area (Å²) in [5, 5.41) is 0.580. The van der Waals surface area contributed by atoms with Gasteiger partial charge < -0.3 is 28.7 Å². The number of hydrogen-bond donors (Lipinski definition) is 0. The van der Waals surface area contributed by atoms with Crippen LogP contribution in [0.15, 0.2) is 12.1 Å². The van der Waals surface area contributed by atoms with Crippen LogP contribution >= 0.6 is 22.9 Å². The van der Waals surface area contributed by atoms with Crippen molar-refractivity contribution in [3.05, 3.63) is 16.5 Å². The molecule has 0 bridgehead atoms. The fraction of sp³-hybridized carbons (Fsp3) is 0.714. The van der Waals surface area contributed by atoms with Gasteiger partial charge in [0.2, 0.25) is 5.91 Å². The normalized spacial score (nSPS) is 24.2. The lowest BCUT2D eigenvalue weighted by Gasteiger charge is -2.43. The molecule has 1 spiro atoms. The van der Waals surface area contributed by atoms with Crippen molar-refractivity contribution in [3.8, 4) is 5.06 Å². The third-order valence-corrected chi connectivity index (χ3v) is 7.42. The average Bonchev–Trinajstić information content (AvgIpc) is 3.40. The summed E-state index contributed by atoms with van der Waals surface area (Å²) < 4.78 is 23.0. The molecule has 2 saturated heterocycles. The molecule has 2 aliphatic heterocycles. The van der Waals surface area contributed by atoms with Gasteiger partial charge in [0.15, 0.2) is 17.5 Å². The maximum atomic E-state index is 13.2. The lowest BCUT2D eigenvalue weighted by Crippen LogP contribution is -2.61. The molecular formula is C21H29ClN2O6S. The molecule has 1 aliphatic carbocycles. The number of hydrogen-bond acceptors (Lipinski definition) is 7. The Morgan fingerprint density at radius 3 is 2.65 bits per heavy atom. The lowest BCUT2D eigenvalue weighted by molar-refractivity contribution is -0.184. The van der Waals surface area contributed by atoms with Gasteiger partial charge in [0, 0.05) is 39.6 Å². The van der Waals surface area contributed by atoms with Crippen molar-refractivity contribution in [2.45, 2.75) is 37.5 Å². The van der Waals surface area contributed by atoms with Gasteiger partial charge in [-0.05, 0) is 30.9 Å². The second-order valence-electron chi connectivity index (χ2n) is 8.24. The monoisotopic (exact) mass is 472 g/mol. The Morgan fingerprint density at radius 1 is 1.26 bits per heavy atom. The zero-order valence-electron chi connectivity index (χ0n) is 17.7. The molecule has 1 unspecified atom stereocenters. The zero-order chi connectivity index (χ0) is 21.8. The molecule has 172 valence electrons. The fourth-order valence-electron chi connectivity index (χ4n) is 4.63. The number of thiophene rings is 1. The van der Waals surface area contributed by atoms with Crippen molar-refractivity contribution in [1.29, 1.82) is 0 Å². The van der Waals surface area contributed by atoms with Crippen molar-refractivity contribution in [1.82, 2.24) is 9.80 Å². The first-order valence-electron chi connectivity index (χ1n) is 10.7. The third-order valence-electron chi connectivity index (χ3n) is 6.27. The first-order valence-corrected chi connectivity index (χ1v) is 11.9. The van der Waals surface area contributed by atoms with E-state index in [0.717, 1.165) is 25.7 Å². The zero-order valence-corrected chi connectivity index (χ0v) is 19.3. The molecule has 10 heteroatoms. The van der Waals surface area contributed by atoms with E-state index in [0.29, 0.717) is 48.2 Å². The quantitative estimate of drug-likeness (QED) is 0.606. The molecule has 0 N–H and O–H groups in total. The van der Waals surface area contributed by atoms with Gasteiger partial charge in [0.1, 0.15) is 6.04 Å². The summed E-state index contributed by atoms with van der Waals surface area (Å²) in [5.74, 6) is -0.263. The van der Waals surface area contributed by atoms with Crippen molar-refractivity contribution in [2.24, 2.45) is 5.92 Å². The van der Waals surface area contributed by atoms with E-state index < -0.39 is 11.8 Å². The molecule has 3 aliphatic rings. The van der Waals surface area contributed by atoms with Gasteiger partial charge in [-0.15, -0.1) is 0 Å². The predicted molar refractivity (Wildman–Crippen MR) is 115 cm³/mol. The second kappa shape index (κ2) is 10.0. The van der Waals surface area contributed by atoms with Crippen LogP contribution < -0.4 is 4.74 Å². The van der Waals surface area contributed by atoms with Gasteiger partial charge in [-0.2, -0.15) is 0 Å². The van der Waals surface area contributed by atoms with Crippen LogP contribution in [0.2, 0.25) is 4.34 Å². The molecule has 3 heterocycles. The van der Waals surface area contributed by atoms with E-state index in [1.165, 1.54) is 11.3 Å². The number of methoxy groups -OCH3 is 1. The van der Waals surface area contributed by atoms with E-state index in [1.54, 1.807) is 24.1 Å². The van der Waals surface area contributed by atoms with Gasteiger partial charge >= 0.3 is 0 Å². The Labute approximate surface area is 191 Å². The largest absolute Gasteiger partial charge is 0.474 e. The fourth-order valence-corrected chi connectivity index (χ4v) is 5.50. The highest BCUT2D eigenvalue weighted by Gasteiger charge is 2.42. The van der Waals surface area contributed by atoms with Gasteiger partial charge in [0.25, 0.3) is 5.91 Å². The first kappa shape index (κ1) is 22.8. The van der Waals surface area contributed by atoms with Crippen LogP contribution in [0.4, 0.5) is 0 Å². The standard InChI is InChI=1S/C21H29ClN2O6S/c1-27-13-16-20(26)23(12-15-4-6-21(7-5-15)29-10-11-30-21)8-9-24(16)18(25)14-28-19-3-2-17(22)31-19/h2-3,15-16H,4-14H2,1H3. The average molecular weight is 473 g/mol. The van der Waals surface area contributed by atoms with E-state index in [9.17, 15) is 9.59 Å². The Bertz CT molecular complexity index is 774. The van der Waals surface area contributed by atoms with Gasteiger partial charge in [0.05, 0.1) is 24.2 Å². The molecule has 1 aromatic rings. The molecule has 1 atom stereocenters. The van der Waals surface area contributed by atoms with Gasteiger partial charge in [-0.3, -0.25) is 9.59 Å². The predicted octanol–water partition coefficient (Wildman–Crippen LogP) is 2.40. The highest BCUT2D eigenvalue weighted by Crippen LogP contribution is 2.38. The summed E-state index contributed by atoms with van der Waals surface area (Å²) in [7, 11) is 1.54. The molecule has 0 radical (unpaired) electrons. The number of carbonyl (C=O) groups is 2. The molecule has 8 nitrogen and oxygen atoms in total. The minimum Gasteiger partial charge on any atom is -0.474 e. The molecule has 2 amide bonds. The van der Waals surface area contributed by atoms with Gasteiger partial charge in [-0.1, -0.05) is 22.9 Å². The van der Waals surface area contributed by atoms with Crippen molar-refractivity contribution in [3.63, 3.8) is 0 Å². The van der Waals surface area contributed by atoms with E-state index in [1.807, 2.05) is 4.90 Å². The highest BCUT2D eigenvalue weighted by molar-refractivity contribution is 7.17. The molecule has 1 aromatic heterocycles. The van der Waals surface area contributed by atoms with Crippen LogP contribution in [0.1, 0.15) is 25.7 Å². The van der Waals surface area contributed by atoms with Crippen LogP contribution in [-0.2, 0) is 23.8 Å². The number of rotatable bonds is 7. The van der Waals surface area contributed by atoms with Crippen LogP contribution in [0.5, 0.6) is 5.06 Å². The minimum absolute atomic E-state index is 0.0609. The molecule has 0 aromatic carbocycles. The number of halogens is 1. The summed E-state index contributed by atoms with van der Waals surface area (Å²) in [4.78, 5) is 29.4. The van der Waals surface area contributed by atoms with Crippen LogP contribution in [0.25, 0.3) is 0 Å². The Kier molecular flexibility index (Phi) is 7.38. The summed E-state index contributed by atoms with van der Waals surface area (Å²) in [6.07, 6.45) is 3.68. The first-order chi connectivity index (χ1) is 15.0. The van der Waals surface area contributed by atoms with Crippen LogP contribution in [0.3, 0.4) is 0 Å². The summed E-state index contributed by atoms with van der Waals surface area (Å²) >= 11 is 7.17. The van der Waals surface area contributed by atoms with E-state index in [-0.39, 0.29) is 25.0 Å². The number of amides is 2. The van der Waals surface area contributed by atoms with Crippen molar-refractivity contribution in [2.75, 3.05) is 53.2 Å². The highest BCUT2D eigenvalue weighted by atomic mass is 35.5. The summed E-state index contributed by atoms with van der Waals surface area (Å²) in [5.41, 5.74) is 0. The van der Waals surface area contributed by atoms with Crippen LogP contribution in [-0.4, -0.2) is 86.6 Å². The summed E-state index contributed by atoms with van der Waals surface area (Å²) in [6, 6.07) is 2.82. The van der Waals surface area contributed by atoms with Gasteiger partial charge in [-0.25, -0.2) is 0 Å². The van der Waals surface area contributed by atoms with E-state index in [4.69, 9.17) is 30.5 Å². The van der Waals surface area contributed by atoms with Crippen molar-refractivity contribution < 1.29 is 28.5 Å². The molecule has 1 saturated carbocycles. The second-order valence-corrected chi connectivity index (χ2v) is 9.92. The number of nitrogens with zero attached hydrogens (tertiary/aromatic N) is 2. The molecule has 4 rings (SSSR count). The Morgan fingerprint density at radius 2 is 2.00 bits per heavy atom. The maximum Gasteiger partial charge on any atom is 0.261 e. The third kappa shape index (κ3) is 5.34.